The number of nitriles is 6. The number of hydrogen-bond donors (Lipinski definition) is 0. The summed E-state index contributed by atoms with van der Waals surface area (Å²) in [7, 11) is 0. The maximum Gasteiger partial charge on any atom is 0.417 e. The van der Waals surface area contributed by atoms with Crippen molar-refractivity contribution < 1.29 is 26.3 Å². The van der Waals surface area contributed by atoms with Crippen molar-refractivity contribution >= 4 is 22.3 Å². The molecule has 0 bridgehead atoms. The summed E-state index contributed by atoms with van der Waals surface area (Å²) in [4.78, 5) is 0. The summed E-state index contributed by atoms with van der Waals surface area (Å²) in [5, 5.41) is 59.5. The van der Waals surface area contributed by atoms with Gasteiger partial charge in [-0.3, -0.25) is 0 Å². The zero-order valence-corrected chi connectivity index (χ0v) is 24.9. The Labute approximate surface area is 279 Å². The average molecular weight is 667 g/mol. The minimum absolute atomic E-state index is 0.0448. The summed E-state index contributed by atoms with van der Waals surface area (Å²) in [5.74, 6) is 0. The van der Waals surface area contributed by atoms with Crippen molar-refractivity contribution in [2.45, 2.75) is 12.4 Å². The van der Waals surface area contributed by atoms with Crippen LogP contribution in [0.15, 0.2) is 83.9 Å². The van der Waals surface area contributed by atoms with Crippen molar-refractivity contribution in [2.75, 3.05) is 0 Å². The second-order valence-electron chi connectivity index (χ2n) is 10.9. The third-order valence-corrected chi connectivity index (χ3v) is 8.40. The SMILES string of the molecule is N#CC(C#N)=C1C2=C(C(=C(C#N)C#N)c3cc(-c4cccc(C(F)(F)F)c4C#N)ccc32)c2ccc(-c3cccc(C(F)(F)F)c3C#N)cc21. The van der Waals surface area contributed by atoms with Gasteiger partial charge in [0, 0.05) is 33.4 Å². The molecule has 236 valence electrons. The van der Waals surface area contributed by atoms with E-state index in [4.69, 9.17) is 0 Å². The van der Waals surface area contributed by atoms with Crippen molar-refractivity contribution in [3.63, 3.8) is 0 Å². The van der Waals surface area contributed by atoms with Gasteiger partial charge < -0.3 is 0 Å². The molecule has 50 heavy (non-hydrogen) atoms. The summed E-state index contributed by atoms with van der Waals surface area (Å²) in [6.45, 7) is 0. The Morgan fingerprint density at radius 3 is 1.10 bits per heavy atom. The molecule has 0 saturated carbocycles. The van der Waals surface area contributed by atoms with E-state index < -0.39 is 45.8 Å². The van der Waals surface area contributed by atoms with Crippen LogP contribution in [0.3, 0.4) is 0 Å². The van der Waals surface area contributed by atoms with Gasteiger partial charge in [-0.2, -0.15) is 57.9 Å². The number of alkyl halides is 6. The summed E-state index contributed by atoms with van der Waals surface area (Å²) >= 11 is 0. The predicted octanol–water partition coefficient (Wildman–Crippen LogP) is 9.34. The largest absolute Gasteiger partial charge is 0.417 e. The number of hydrogen-bond acceptors (Lipinski definition) is 6. The Balaban J connectivity index is 1.64. The fourth-order valence-electron chi connectivity index (χ4n) is 6.42. The topological polar surface area (TPSA) is 143 Å². The molecule has 0 N–H and O–H groups in total. The van der Waals surface area contributed by atoms with Crippen LogP contribution in [0.5, 0.6) is 0 Å². The number of fused-ring (bicyclic) bond motifs is 4. The van der Waals surface area contributed by atoms with Crippen LogP contribution in [-0.4, -0.2) is 0 Å². The standard InChI is InChI=1S/C38H12F6N6/c39-37(40,41)31-5-1-3-23(29(31)17-49)19-7-9-25-27(11-19)33(21(13-45)14-46)36-26-10-8-20(12-28(26)34(35(25)36)22(15-47)16-48)24-4-2-6-32(30(24)18-50)38(42,43)44/h1-12H. The molecule has 0 unspecified atom stereocenters. The molecule has 2 aliphatic rings. The fourth-order valence-corrected chi connectivity index (χ4v) is 6.42. The highest BCUT2D eigenvalue weighted by molar-refractivity contribution is 6.38. The van der Waals surface area contributed by atoms with Gasteiger partial charge in [0.2, 0.25) is 0 Å². The summed E-state index contributed by atoms with van der Waals surface area (Å²) in [5.41, 5.74) is -2.68. The maximum atomic E-state index is 13.8. The second kappa shape index (κ2) is 11.7. The van der Waals surface area contributed by atoms with Crippen molar-refractivity contribution in [2.24, 2.45) is 0 Å². The third-order valence-electron chi connectivity index (χ3n) is 8.40. The summed E-state index contributed by atoms with van der Waals surface area (Å²) in [6.07, 6.45) is -9.68. The molecule has 0 atom stereocenters. The van der Waals surface area contributed by atoms with Gasteiger partial charge in [0.1, 0.15) is 47.6 Å². The van der Waals surface area contributed by atoms with Gasteiger partial charge >= 0.3 is 12.4 Å². The zero-order valence-electron chi connectivity index (χ0n) is 24.9. The smallest absolute Gasteiger partial charge is 0.192 e. The van der Waals surface area contributed by atoms with E-state index in [0.717, 1.165) is 24.3 Å². The first-order valence-corrected chi connectivity index (χ1v) is 14.2. The van der Waals surface area contributed by atoms with Crippen molar-refractivity contribution in [3.8, 4) is 58.7 Å². The van der Waals surface area contributed by atoms with Crippen LogP contribution in [0.25, 0.3) is 44.5 Å². The van der Waals surface area contributed by atoms with E-state index in [1.807, 2.05) is 24.3 Å². The van der Waals surface area contributed by atoms with E-state index in [1.165, 1.54) is 48.5 Å². The molecule has 0 radical (unpaired) electrons. The van der Waals surface area contributed by atoms with Gasteiger partial charge in [-0.1, -0.05) is 48.5 Å². The van der Waals surface area contributed by atoms with E-state index in [2.05, 4.69) is 0 Å². The Bertz CT molecular complexity index is 2370. The minimum atomic E-state index is -4.84. The molecular formula is C38H12F6N6. The van der Waals surface area contributed by atoms with E-state index in [1.54, 1.807) is 12.1 Å². The van der Waals surface area contributed by atoms with Gasteiger partial charge in [0.15, 0.2) is 0 Å². The average Bonchev–Trinajstić information content (AvgIpc) is 3.60. The summed E-state index contributed by atoms with van der Waals surface area (Å²) in [6, 6.07) is 25.6. The quantitative estimate of drug-likeness (QED) is 0.154. The Hall–Kier alpha value is -7.38. The van der Waals surface area contributed by atoms with E-state index in [0.29, 0.717) is 11.1 Å². The number of benzene rings is 4. The molecule has 4 aromatic carbocycles. The van der Waals surface area contributed by atoms with Gasteiger partial charge in [-0.15, -0.1) is 0 Å². The van der Waals surface area contributed by atoms with Crippen LogP contribution in [0.1, 0.15) is 44.5 Å². The second-order valence-corrected chi connectivity index (χ2v) is 10.9. The van der Waals surface area contributed by atoms with Crippen LogP contribution < -0.4 is 0 Å². The molecule has 6 nitrogen and oxygen atoms in total. The summed E-state index contributed by atoms with van der Waals surface area (Å²) < 4.78 is 82.7. The van der Waals surface area contributed by atoms with Crippen molar-refractivity contribution in [3.05, 3.63) is 128 Å². The lowest BCUT2D eigenvalue weighted by Crippen LogP contribution is -2.08. The van der Waals surface area contributed by atoms with Gasteiger partial charge in [-0.05, 0) is 57.6 Å². The monoisotopic (exact) mass is 666 g/mol. The maximum absolute atomic E-state index is 13.8. The molecule has 12 heteroatoms. The van der Waals surface area contributed by atoms with E-state index >= 15 is 0 Å². The Kier molecular flexibility index (Phi) is 7.62. The minimum Gasteiger partial charge on any atom is -0.192 e. The Morgan fingerprint density at radius 1 is 0.440 bits per heavy atom. The number of allylic oxidation sites excluding steroid dienone is 6. The fraction of sp³-hybridized carbons (Fsp3) is 0.0526. The lowest BCUT2D eigenvalue weighted by Gasteiger charge is -2.17. The molecule has 6 rings (SSSR count). The molecule has 2 aliphatic carbocycles. The number of nitrogens with zero attached hydrogens (tertiary/aromatic N) is 6. The normalized spacial score (nSPS) is 12.7. The van der Waals surface area contributed by atoms with Gasteiger partial charge in [0.05, 0.1) is 22.3 Å². The molecule has 0 aliphatic heterocycles. The number of halogens is 6. The lowest BCUT2D eigenvalue weighted by molar-refractivity contribution is -0.138. The first-order valence-electron chi connectivity index (χ1n) is 14.2. The lowest BCUT2D eigenvalue weighted by atomic mass is 9.85. The molecule has 0 aromatic heterocycles. The Morgan fingerprint density at radius 2 is 0.800 bits per heavy atom. The van der Waals surface area contributed by atoms with Crippen LogP contribution in [0, 0.1) is 68.0 Å². The van der Waals surface area contributed by atoms with Gasteiger partial charge in [0.25, 0.3) is 0 Å². The molecule has 0 saturated heterocycles. The van der Waals surface area contributed by atoms with Crippen LogP contribution in [0.2, 0.25) is 0 Å². The van der Waals surface area contributed by atoms with Crippen LogP contribution in [0.4, 0.5) is 26.3 Å². The molecule has 0 spiro atoms. The molecule has 4 aromatic rings. The highest BCUT2D eigenvalue weighted by Gasteiger charge is 2.41. The third kappa shape index (κ3) is 4.85. The number of rotatable bonds is 2. The predicted molar refractivity (Wildman–Crippen MR) is 166 cm³/mol. The van der Waals surface area contributed by atoms with E-state index in [-0.39, 0.29) is 55.7 Å². The zero-order chi connectivity index (χ0) is 36.1. The van der Waals surface area contributed by atoms with Crippen LogP contribution >= 0.6 is 0 Å². The molecule has 0 heterocycles. The van der Waals surface area contributed by atoms with Crippen LogP contribution in [-0.2, 0) is 12.4 Å². The highest BCUT2D eigenvalue weighted by Crippen LogP contribution is 2.60. The molecule has 0 amide bonds. The first kappa shape index (κ1) is 32.6. The highest BCUT2D eigenvalue weighted by atomic mass is 19.4. The molecule has 0 fully saturated rings. The van der Waals surface area contributed by atoms with E-state index in [9.17, 15) is 57.9 Å². The molecular weight excluding hydrogens is 654 g/mol. The van der Waals surface area contributed by atoms with Crippen molar-refractivity contribution in [1.29, 1.82) is 31.6 Å². The van der Waals surface area contributed by atoms with Crippen molar-refractivity contribution in [1.82, 2.24) is 0 Å². The van der Waals surface area contributed by atoms with Gasteiger partial charge in [-0.25, -0.2) is 0 Å². The first-order chi connectivity index (χ1) is 23.8.